The molecule has 110 valence electrons. The number of carbonyl (C=O) groups is 1. The maximum Gasteiger partial charge on any atom is 0.256 e. The standard InChI is InChI=1S/C17H19FN2O/c1-3-20(11-13-7-5-8-14(18)10-13)17(21)15-9-4-6-12(2)16(15)19/h4-10H,3,11,19H2,1-2H3. The van der Waals surface area contributed by atoms with Gasteiger partial charge in [-0.2, -0.15) is 0 Å². The fourth-order valence-corrected chi connectivity index (χ4v) is 2.22. The highest BCUT2D eigenvalue weighted by molar-refractivity contribution is 5.99. The Morgan fingerprint density at radius 1 is 1.24 bits per heavy atom. The van der Waals surface area contributed by atoms with E-state index in [-0.39, 0.29) is 11.7 Å². The Labute approximate surface area is 124 Å². The second kappa shape index (κ2) is 6.39. The van der Waals surface area contributed by atoms with Gasteiger partial charge in [0.25, 0.3) is 5.91 Å². The fraction of sp³-hybridized carbons (Fsp3) is 0.235. The van der Waals surface area contributed by atoms with Crippen molar-refractivity contribution in [3.8, 4) is 0 Å². The number of halogens is 1. The van der Waals surface area contributed by atoms with Crippen molar-refractivity contribution < 1.29 is 9.18 Å². The van der Waals surface area contributed by atoms with E-state index < -0.39 is 0 Å². The second-order valence-electron chi connectivity index (χ2n) is 4.99. The van der Waals surface area contributed by atoms with Crippen molar-refractivity contribution in [2.75, 3.05) is 12.3 Å². The third-order valence-electron chi connectivity index (χ3n) is 3.49. The molecule has 4 heteroatoms. The quantitative estimate of drug-likeness (QED) is 0.876. The van der Waals surface area contributed by atoms with E-state index in [1.165, 1.54) is 12.1 Å². The number of rotatable bonds is 4. The highest BCUT2D eigenvalue weighted by Crippen LogP contribution is 2.19. The molecule has 0 fully saturated rings. The van der Waals surface area contributed by atoms with Crippen molar-refractivity contribution in [1.29, 1.82) is 0 Å². The molecule has 2 aromatic carbocycles. The second-order valence-corrected chi connectivity index (χ2v) is 4.99. The van der Waals surface area contributed by atoms with Gasteiger partial charge >= 0.3 is 0 Å². The minimum absolute atomic E-state index is 0.136. The number of amides is 1. The smallest absolute Gasteiger partial charge is 0.256 e. The summed E-state index contributed by atoms with van der Waals surface area (Å²) in [6.45, 7) is 4.65. The average Bonchev–Trinajstić information content (AvgIpc) is 2.47. The van der Waals surface area contributed by atoms with Gasteiger partial charge in [-0.15, -0.1) is 0 Å². The maximum atomic E-state index is 13.2. The Morgan fingerprint density at radius 2 is 1.95 bits per heavy atom. The van der Waals surface area contributed by atoms with Crippen LogP contribution in [0.1, 0.15) is 28.4 Å². The molecule has 0 saturated heterocycles. The van der Waals surface area contributed by atoms with Crippen molar-refractivity contribution in [2.24, 2.45) is 0 Å². The predicted octanol–water partition coefficient (Wildman–Crippen LogP) is 3.38. The zero-order valence-electron chi connectivity index (χ0n) is 12.3. The lowest BCUT2D eigenvalue weighted by Crippen LogP contribution is -2.31. The molecule has 3 nitrogen and oxygen atoms in total. The van der Waals surface area contributed by atoms with Gasteiger partial charge in [-0.25, -0.2) is 4.39 Å². The van der Waals surface area contributed by atoms with Gasteiger partial charge in [0.05, 0.1) is 5.56 Å². The van der Waals surface area contributed by atoms with Crippen LogP contribution in [0.5, 0.6) is 0 Å². The van der Waals surface area contributed by atoms with Crippen LogP contribution in [0, 0.1) is 12.7 Å². The van der Waals surface area contributed by atoms with Crippen LogP contribution in [-0.4, -0.2) is 17.4 Å². The van der Waals surface area contributed by atoms with Crippen molar-refractivity contribution >= 4 is 11.6 Å². The Kier molecular flexibility index (Phi) is 4.58. The molecule has 21 heavy (non-hydrogen) atoms. The zero-order valence-corrected chi connectivity index (χ0v) is 12.3. The molecule has 0 spiro atoms. The third kappa shape index (κ3) is 3.40. The highest BCUT2D eigenvalue weighted by atomic mass is 19.1. The monoisotopic (exact) mass is 286 g/mol. The molecule has 0 radical (unpaired) electrons. The maximum absolute atomic E-state index is 13.2. The zero-order chi connectivity index (χ0) is 15.4. The molecule has 0 atom stereocenters. The first-order chi connectivity index (χ1) is 10.0. The van der Waals surface area contributed by atoms with Gasteiger partial charge in [0, 0.05) is 18.8 Å². The summed E-state index contributed by atoms with van der Waals surface area (Å²) in [6.07, 6.45) is 0. The molecule has 0 aliphatic carbocycles. The minimum Gasteiger partial charge on any atom is -0.398 e. The van der Waals surface area contributed by atoms with E-state index in [1.54, 1.807) is 23.1 Å². The van der Waals surface area contributed by atoms with Crippen LogP contribution >= 0.6 is 0 Å². The summed E-state index contributed by atoms with van der Waals surface area (Å²) < 4.78 is 13.2. The number of aryl methyl sites for hydroxylation is 1. The van der Waals surface area contributed by atoms with Gasteiger partial charge < -0.3 is 10.6 Å². The third-order valence-corrected chi connectivity index (χ3v) is 3.49. The lowest BCUT2D eigenvalue weighted by Gasteiger charge is -2.22. The fourth-order valence-electron chi connectivity index (χ4n) is 2.22. The van der Waals surface area contributed by atoms with Crippen LogP contribution in [0.25, 0.3) is 0 Å². The molecule has 0 aliphatic rings. The molecule has 0 heterocycles. The van der Waals surface area contributed by atoms with E-state index in [0.29, 0.717) is 24.3 Å². The summed E-state index contributed by atoms with van der Waals surface area (Å²) in [4.78, 5) is 14.2. The summed E-state index contributed by atoms with van der Waals surface area (Å²) in [5.41, 5.74) is 8.62. The summed E-state index contributed by atoms with van der Waals surface area (Å²) in [5, 5.41) is 0. The topological polar surface area (TPSA) is 46.3 Å². The lowest BCUT2D eigenvalue weighted by molar-refractivity contribution is 0.0753. The number of hydrogen-bond donors (Lipinski definition) is 1. The number of carbonyl (C=O) groups excluding carboxylic acids is 1. The summed E-state index contributed by atoms with van der Waals surface area (Å²) in [5.74, 6) is -0.436. The van der Waals surface area contributed by atoms with E-state index in [1.807, 2.05) is 26.0 Å². The van der Waals surface area contributed by atoms with Gasteiger partial charge in [-0.1, -0.05) is 24.3 Å². The van der Waals surface area contributed by atoms with Crippen LogP contribution < -0.4 is 5.73 Å². The lowest BCUT2D eigenvalue weighted by atomic mass is 10.1. The average molecular weight is 286 g/mol. The van der Waals surface area contributed by atoms with Crippen molar-refractivity contribution in [1.82, 2.24) is 4.90 Å². The van der Waals surface area contributed by atoms with Crippen molar-refractivity contribution in [3.63, 3.8) is 0 Å². The molecule has 2 N–H and O–H groups in total. The van der Waals surface area contributed by atoms with Gasteiger partial charge in [-0.3, -0.25) is 4.79 Å². The molecule has 0 saturated carbocycles. The molecule has 2 rings (SSSR count). The molecule has 0 bridgehead atoms. The molecular weight excluding hydrogens is 267 g/mol. The number of nitrogens with two attached hydrogens (primary N) is 1. The molecule has 2 aromatic rings. The van der Waals surface area contributed by atoms with Crippen LogP contribution in [0.15, 0.2) is 42.5 Å². The first kappa shape index (κ1) is 15.0. The summed E-state index contributed by atoms with van der Waals surface area (Å²) >= 11 is 0. The Hall–Kier alpha value is -2.36. The highest BCUT2D eigenvalue weighted by Gasteiger charge is 2.17. The van der Waals surface area contributed by atoms with Crippen LogP contribution in [0.2, 0.25) is 0 Å². The van der Waals surface area contributed by atoms with E-state index >= 15 is 0 Å². The van der Waals surface area contributed by atoms with Gasteiger partial charge in [0.2, 0.25) is 0 Å². The SMILES string of the molecule is CCN(Cc1cccc(F)c1)C(=O)c1cccc(C)c1N. The first-order valence-corrected chi connectivity index (χ1v) is 6.91. The minimum atomic E-state index is -0.300. The first-order valence-electron chi connectivity index (χ1n) is 6.91. The normalized spacial score (nSPS) is 10.4. The van der Waals surface area contributed by atoms with E-state index in [4.69, 9.17) is 5.73 Å². The molecule has 0 unspecified atom stereocenters. The number of nitrogens with zero attached hydrogens (tertiary/aromatic N) is 1. The molecule has 0 aliphatic heterocycles. The number of benzene rings is 2. The largest absolute Gasteiger partial charge is 0.398 e. The van der Waals surface area contributed by atoms with Crippen molar-refractivity contribution in [3.05, 3.63) is 65.0 Å². The summed E-state index contributed by atoms with van der Waals surface area (Å²) in [6, 6.07) is 11.7. The van der Waals surface area contributed by atoms with E-state index in [9.17, 15) is 9.18 Å². The predicted molar refractivity (Wildman–Crippen MR) is 82.4 cm³/mol. The number of nitrogen functional groups attached to an aromatic ring is 1. The van der Waals surface area contributed by atoms with Crippen molar-refractivity contribution in [2.45, 2.75) is 20.4 Å². The Bertz CT molecular complexity index is 655. The number of anilines is 1. The van der Waals surface area contributed by atoms with Crippen LogP contribution in [-0.2, 0) is 6.54 Å². The number of para-hydroxylation sites is 1. The molecule has 0 aromatic heterocycles. The summed E-state index contributed by atoms with van der Waals surface area (Å²) in [7, 11) is 0. The van der Waals surface area contributed by atoms with E-state index in [0.717, 1.165) is 11.1 Å². The van der Waals surface area contributed by atoms with Gasteiger partial charge in [0.15, 0.2) is 0 Å². The van der Waals surface area contributed by atoms with Crippen LogP contribution in [0.3, 0.4) is 0 Å². The Morgan fingerprint density at radius 3 is 2.62 bits per heavy atom. The number of hydrogen-bond acceptors (Lipinski definition) is 2. The Balaban J connectivity index is 2.25. The van der Waals surface area contributed by atoms with E-state index in [2.05, 4.69) is 0 Å². The molecular formula is C17H19FN2O. The van der Waals surface area contributed by atoms with Gasteiger partial charge in [0.1, 0.15) is 5.82 Å². The van der Waals surface area contributed by atoms with Gasteiger partial charge in [-0.05, 0) is 43.2 Å². The molecule has 1 amide bonds. The van der Waals surface area contributed by atoms with Crippen LogP contribution in [0.4, 0.5) is 10.1 Å².